The lowest BCUT2D eigenvalue weighted by atomic mass is 10.00. The van der Waals surface area contributed by atoms with E-state index in [1.807, 2.05) is 0 Å². The Morgan fingerprint density at radius 1 is 1.28 bits per heavy atom. The number of hydrogen-bond acceptors (Lipinski definition) is 7. The van der Waals surface area contributed by atoms with Gasteiger partial charge < -0.3 is 9.58 Å². The number of anilines is 1. The van der Waals surface area contributed by atoms with Crippen molar-refractivity contribution in [2.24, 2.45) is 5.92 Å². The molecule has 0 atom stereocenters. The van der Waals surface area contributed by atoms with Crippen molar-refractivity contribution < 1.29 is 18.3 Å². The van der Waals surface area contributed by atoms with Crippen molar-refractivity contribution in [1.29, 1.82) is 0 Å². The van der Waals surface area contributed by atoms with Crippen LogP contribution in [0, 0.1) is 24.3 Å². The number of aromatic nitrogens is 4. The molecule has 0 radical (unpaired) electrons. The Morgan fingerprint density at radius 2 is 2.09 bits per heavy atom. The third kappa shape index (κ3) is 4.68. The average Bonchev–Trinajstić information content (AvgIpc) is 3.54. The maximum Gasteiger partial charge on any atom is 0.280 e. The van der Waals surface area contributed by atoms with E-state index >= 15 is 0 Å². The van der Waals surface area contributed by atoms with Gasteiger partial charge in [-0.3, -0.25) is 15.1 Å². The third-order valence-electron chi connectivity index (χ3n) is 4.48. The van der Waals surface area contributed by atoms with Crippen LogP contribution in [0.4, 0.5) is 19.7 Å². The highest BCUT2D eigenvalue weighted by Crippen LogP contribution is 2.36. The lowest BCUT2D eigenvalue weighted by Crippen LogP contribution is -2.14. The Labute approximate surface area is 185 Å². The quantitative estimate of drug-likeness (QED) is 0.452. The van der Waals surface area contributed by atoms with Crippen LogP contribution in [0.5, 0.6) is 5.75 Å². The molecule has 1 fully saturated rings. The van der Waals surface area contributed by atoms with Gasteiger partial charge in [0.2, 0.25) is 5.13 Å². The Morgan fingerprint density at radius 3 is 2.78 bits per heavy atom. The summed E-state index contributed by atoms with van der Waals surface area (Å²) < 4.78 is 31.7. The molecule has 32 heavy (non-hydrogen) atoms. The third-order valence-corrected chi connectivity index (χ3v) is 5.23. The van der Waals surface area contributed by atoms with Crippen molar-refractivity contribution in [3.05, 3.63) is 52.2 Å². The first-order valence-corrected chi connectivity index (χ1v) is 10.2. The van der Waals surface area contributed by atoms with E-state index < -0.39 is 18.0 Å². The summed E-state index contributed by atoms with van der Waals surface area (Å²) in [5, 5.41) is 11.2. The predicted molar refractivity (Wildman–Crippen MR) is 113 cm³/mol. The number of pyridine rings is 2. The van der Waals surface area contributed by atoms with E-state index in [0.29, 0.717) is 10.9 Å². The van der Waals surface area contributed by atoms with Gasteiger partial charge in [0.1, 0.15) is 17.6 Å². The second-order valence-electron chi connectivity index (χ2n) is 6.72. The van der Waals surface area contributed by atoms with Crippen LogP contribution in [0.15, 0.2) is 24.5 Å². The number of amides is 1. The van der Waals surface area contributed by atoms with Gasteiger partial charge in [0.15, 0.2) is 5.01 Å². The molecule has 4 rings (SSSR count). The molecular weight excluding hydrogens is 438 g/mol. The summed E-state index contributed by atoms with van der Waals surface area (Å²) in [7, 11) is 1.35. The summed E-state index contributed by atoms with van der Waals surface area (Å²) in [5.41, 5.74) is -0.0642. The maximum atomic E-state index is 13.2. The summed E-state index contributed by atoms with van der Waals surface area (Å²) in [6.07, 6.45) is 1.69. The first kappa shape index (κ1) is 21.3. The Hall–Kier alpha value is -3.96. The summed E-state index contributed by atoms with van der Waals surface area (Å²) in [5.74, 6) is 5.95. The van der Waals surface area contributed by atoms with E-state index in [1.165, 1.54) is 19.4 Å². The molecule has 8 nitrogen and oxygen atoms in total. The summed E-state index contributed by atoms with van der Waals surface area (Å²) in [6.45, 7) is 7.21. The highest BCUT2D eigenvalue weighted by atomic mass is 32.1. The molecule has 1 aliphatic carbocycles. The fourth-order valence-corrected chi connectivity index (χ4v) is 3.34. The molecule has 1 aliphatic rings. The van der Waals surface area contributed by atoms with Gasteiger partial charge in [0, 0.05) is 11.5 Å². The second kappa shape index (κ2) is 9.04. The molecule has 0 unspecified atom stereocenters. The zero-order valence-electron chi connectivity index (χ0n) is 16.6. The van der Waals surface area contributed by atoms with Crippen LogP contribution in [0.25, 0.3) is 16.0 Å². The highest BCUT2D eigenvalue weighted by Gasteiger charge is 2.22. The van der Waals surface area contributed by atoms with Gasteiger partial charge in [-0.25, -0.2) is 8.78 Å². The Balaban J connectivity index is 1.70. The fraction of sp³-hybridized carbons (Fsp3) is 0.238. The average molecular weight is 452 g/mol. The lowest BCUT2D eigenvalue weighted by molar-refractivity contribution is 0.102. The summed E-state index contributed by atoms with van der Waals surface area (Å²) in [6, 6.07) is 2.46. The smallest absolute Gasteiger partial charge is 0.280 e. The van der Waals surface area contributed by atoms with Crippen LogP contribution in [0.1, 0.15) is 40.3 Å². The maximum absolute atomic E-state index is 13.2. The van der Waals surface area contributed by atoms with Crippen LogP contribution in [0.2, 0.25) is 0 Å². The number of carbonyl (C=O) groups excluding carboxylic acids is 1. The number of halogens is 2. The molecule has 11 heteroatoms. The second-order valence-corrected chi connectivity index (χ2v) is 7.70. The number of alkyl halides is 2. The molecule has 1 saturated carbocycles. The molecular formula is C21H14F2N6O2S. The van der Waals surface area contributed by atoms with Gasteiger partial charge in [-0.2, -0.15) is 0 Å². The summed E-state index contributed by atoms with van der Waals surface area (Å²) in [4.78, 5) is 23.9. The van der Waals surface area contributed by atoms with E-state index in [1.54, 1.807) is 0 Å². The van der Waals surface area contributed by atoms with Crippen molar-refractivity contribution in [2.75, 3.05) is 12.4 Å². The van der Waals surface area contributed by atoms with Crippen molar-refractivity contribution in [3.63, 3.8) is 0 Å². The van der Waals surface area contributed by atoms with Crippen LogP contribution < -0.4 is 10.1 Å². The molecule has 1 amide bonds. The van der Waals surface area contributed by atoms with Crippen molar-refractivity contribution in [2.45, 2.75) is 19.3 Å². The topological polar surface area (TPSA) is 94.2 Å². The van der Waals surface area contributed by atoms with Gasteiger partial charge >= 0.3 is 0 Å². The first-order chi connectivity index (χ1) is 15.5. The SMILES string of the molecule is [C-]#[N+]c1cc(-c2cc(C(F)F)ncc2OC)c(C(=O)Nc2nnc(C#CC3CC3)s2)cn1. The number of methoxy groups -OCH3 is 1. The van der Waals surface area contributed by atoms with E-state index in [9.17, 15) is 13.6 Å². The molecule has 0 spiro atoms. The molecule has 3 aromatic heterocycles. The first-order valence-electron chi connectivity index (χ1n) is 9.35. The number of carbonyl (C=O) groups is 1. The predicted octanol–water partition coefficient (Wildman–Crippen LogP) is 4.51. The molecule has 0 aromatic carbocycles. The minimum absolute atomic E-state index is 0.0115. The van der Waals surface area contributed by atoms with Crippen molar-refractivity contribution >= 4 is 28.2 Å². The Kier molecular flexibility index (Phi) is 6.01. The number of ether oxygens (including phenoxy) is 1. The number of nitrogens with zero attached hydrogens (tertiary/aromatic N) is 5. The standard InChI is InChI=1S/C21H14F2N6O2S/c1-24-17-8-12(13-7-15(19(22)23)25-10-16(13)31-2)14(9-26-17)20(30)27-21-29-28-18(32-21)6-5-11-3-4-11/h7-11,19H,3-4H2,2H3,(H,27,29,30). The fourth-order valence-electron chi connectivity index (χ4n) is 2.74. The van der Waals surface area contributed by atoms with E-state index in [4.69, 9.17) is 11.3 Å². The largest absolute Gasteiger partial charge is 0.494 e. The molecule has 0 saturated heterocycles. The number of nitrogens with one attached hydrogen (secondary N) is 1. The lowest BCUT2D eigenvalue weighted by Gasteiger charge is -2.13. The molecule has 0 aliphatic heterocycles. The molecule has 1 N–H and O–H groups in total. The molecule has 0 bridgehead atoms. The zero-order chi connectivity index (χ0) is 22.7. The van der Waals surface area contributed by atoms with Gasteiger partial charge in [0.25, 0.3) is 18.2 Å². The molecule has 3 aromatic rings. The molecule has 3 heterocycles. The monoisotopic (exact) mass is 452 g/mol. The zero-order valence-corrected chi connectivity index (χ0v) is 17.4. The van der Waals surface area contributed by atoms with Crippen molar-refractivity contribution in [3.8, 4) is 28.7 Å². The number of rotatable bonds is 5. The van der Waals surface area contributed by atoms with Crippen LogP contribution in [0.3, 0.4) is 0 Å². The van der Waals surface area contributed by atoms with Gasteiger partial charge in [0.05, 0.1) is 18.9 Å². The molecule has 160 valence electrons. The summed E-state index contributed by atoms with van der Waals surface area (Å²) >= 11 is 1.12. The minimum atomic E-state index is -2.82. The van der Waals surface area contributed by atoms with Gasteiger partial charge in [-0.1, -0.05) is 23.8 Å². The van der Waals surface area contributed by atoms with E-state index in [0.717, 1.165) is 36.4 Å². The number of hydrogen-bond donors (Lipinski definition) is 1. The van der Waals surface area contributed by atoms with E-state index in [-0.39, 0.29) is 33.4 Å². The van der Waals surface area contributed by atoms with Crippen LogP contribution in [-0.4, -0.2) is 33.2 Å². The minimum Gasteiger partial charge on any atom is -0.494 e. The van der Waals surface area contributed by atoms with Gasteiger partial charge in [-0.15, -0.1) is 15.2 Å². The van der Waals surface area contributed by atoms with Crippen LogP contribution >= 0.6 is 11.3 Å². The van der Waals surface area contributed by atoms with Gasteiger partial charge in [-0.05, 0) is 36.5 Å². The van der Waals surface area contributed by atoms with Crippen molar-refractivity contribution in [1.82, 2.24) is 20.2 Å². The highest BCUT2D eigenvalue weighted by molar-refractivity contribution is 7.15. The van der Waals surface area contributed by atoms with E-state index in [2.05, 4.69) is 42.2 Å². The normalized spacial score (nSPS) is 12.6. The van der Waals surface area contributed by atoms with Crippen LogP contribution in [-0.2, 0) is 0 Å². The Bertz CT molecular complexity index is 1290.